The van der Waals surface area contributed by atoms with Crippen LogP contribution in [0.15, 0.2) is 66.7 Å². The summed E-state index contributed by atoms with van der Waals surface area (Å²) in [6, 6.07) is 21.1. The third-order valence-corrected chi connectivity index (χ3v) is 5.25. The van der Waals surface area contributed by atoms with E-state index < -0.39 is 0 Å². The summed E-state index contributed by atoms with van der Waals surface area (Å²) < 4.78 is 21.4. The fourth-order valence-corrected chi connectivity index (χ4v) is 3.57. The van der Waals surface area contributed by atoms with E-state index in [1.165, 1.54) is 0 Å². The Morgan fingerprint density at radius 1 is 0.781 bits per heavy atom. The summed E-state index contributed by atoms with van der Waals surface area (Å²) in [5, 5.41) is 3.17. The molecule has 0 saturated heterocycles. The molecule has 0 heterocycles. The van der Waals surface area contributed by atoms with E-state index in [2.05, 4.69) is 5.32 Å². The van der Waals surface area contributed by atoms with Crippen LogP contribution in [0.25, 0.3) is 0 Å². The van der Waals surface area contributed by atoms with Crippen LogP contribution in [-0.2, 0) is 11.2 Å². The predicted molar refractivity (Wildman–Crippen MR) is 124 cm³/mol. The van der Waals surface area contributed by atoms with Crippen molar-refractivity contribution in [3.05, 3.63) is 83.4 Å². The molecule has 32 heavy (non-hydrogen) atoms. The molecule has 3 rings (SSSR count). The molecule has 1 N–H and O–H groups in total. The van der Waals surface area contributed by atoms with Gasteiger partial charge in [-0.05, 0) is 47.4 Å². The fraction of sp³-hybridized carbons (Fsp3) is 0.269. The lowest BCUT2D eigenvalue weighted by molar-refractivity contribution is -0.121. The monoisotopic (exact) mass is 435 g/mol. The summed E-state index contributed by atoms with van der Waals surface area (Å²) in [7, 11) is 6.35. The normalized spacial score (nSPS) is 11.4. The minimum atomic E-state index is -0.255. The highest BCUT2D eigenvalue weighted by Crippen LogP contribution is 2.38. The first-order valence-corrected chi connectivity index (χ1v) is 10.4. The topological polar surface area (TPSA) is 66.0 Å². The van der Waals surface area contributed by atoms with Crippen molar-refractivity contribution in [3.8, 4) is 23.0 Å². The van der Waals surface area contributed by atoms with Crippen LogP contribution in [0.5, 0.6) is 23.0 Å². The van der Waals surface area contributed by atoms with Crippen molar-refractivity contribution in [2.45, 2.75) is 18.9 Å². The number of hydrogen-bond donors (Lipinski definition) is 1. The molecule has 0 radical (unpaired) electrons. The lowest BCUT2D eigenvalue weighted by Gasteiger charge is -2.20. The van der Waals surface area contributed by atoms with Gasteiger partial charge < -0.3 is 24.3 Å². The zero-order valence-electron chi connectivity index (χ0n) is 18.9. The second-order valence-corrected chi connectivity index (χ2v) is 7.22. The second kappa shape index (κ2) is 11.1. The molecule has 0 fully saturated rings. The van der Waals surface area contributed by atoms with E-state index in [-0.39, 0.29) is 11.9 Å². The third kappa shape index (κ3) is 5.52. The average molecular weight is 436 g/mol. The third-order valence-electron chi connectivity index (χ3n) is 5.25. The van der Waals surface area contributed by atoms with Crippen molar-refractivity contribution in [2.75, 3.05) is 28.4 Å². The quantitative estimate of drug-likeness (QED) is 0.506. The van der Waals surface area contributed by atoms with Crippen LogP contribution in [0.3, 0.4) is 0 Å². The molecular formula is C26H29NO5. The molecule has 3 aromatic rings. The number of carbonyl (C=O) groups excluding carboxylic acids is 1. The molecule has 0 spiro atoms. The van der Waals surface area contributed by atoms with Crippen LogP contribution in [0, 0.1) is 0 Å². The first-order chi connectivity index (χ1) is 15.6. The number of rotatable bonds is 10. The summed E-state index contributed by atoms with van der Waals surface area (Å²) in [4.78, 5) is 12.9. The van der Waals surface area contributed by atoms with Gasteiger partial charge in [-0.15, -0.1) is 0 Å². The SMILES string of the molecule is COc1ccc(C(NC(=O)CCc2cc(OC)c(OC)c(OC)c2)c2ccccc2)cc1. The Morgan fingerprint density at radius 2 is 1.38 bits per heavy atom. The zero-order valence-corrected chi connectivity index (χ0v) is 18.9. The smallest absolute Gasteiger partial charge is 0.221 e. The second-order valence-electron chi connectivity index (χ2n) is 7.22. The van der Waals surface area contributed by atoms with Gasteiger partial charge in [0.25, 0.3) is 0 Å². The molecule has 0 aliphatic carbocycles. The summed E-state index contributed by atoms with van der Waals surface area (Å²) in [6.07, 6.45) is 0.852. The lowest BCUT2D eigenvalue weighted by atomic mass is 9.98. The van der Waals surface area contributed by atoms with E-state index in [1.807, 2.05) is 66.7 Å². The Bertz CT molecular complexity index is 993. The minimum Gasteiger partial charge on any atom is -0.497 e. The zero-order chi connectivity index (χ0) is 22.9. The maximum Gasteiger partial charge on any atom is 0.221 e. The largest absolute Gasteiger partial charge is 0.497 e. The summed E-state index contributed by atoms with van der Waals surface area (Å²) in [6.45, 7) is 0. The van der Waals surface area contributed by atoms with Gasteiger partial charge in [0, 0.05) is 6.42 Å². The van der Waals surface area contributed by atoms with E-state index in [1.54, 1.807) is 28.4 Å². The van der Waals surface area contributed by atoms with Gasteiger partial charge in [-0.2, -0.15) is 0 Å². The first-order valence-electron chi connectivity index (χ1n) is 10.4. The Labute approximate surface area is 189 Å². The highest BCUT2D eigenvalue weighted by Gasteiger charge is 2.18. The Balaban J connectivity index is 1.76. The van der Waals surface area contributed by atoms with Crippen LogP contribution in [0.1, 0.15) is 29.2 Å². The molecule has 3 aromatic carbocycles. The molecule has 0 aromatic heterocycles. The molecule has 1 amide bonds. The van der Waals surface area contributed by atoms with E-state index in [9.17, 15) is 4.79 Å². The number of carbonyl (C=O) groups is 1. The molecule has 6 nitrogen and oxygen atoms in total. The molecule has 0 aliphatic rings. The Kier molecular flexibility index (Phi) is 7.97. The molecule has 0 saturated carbocycles. The summed E-state index contributed by atoms with van der Waals surface area (Å²) in [5.74, 6) is 2.40. The number of aryl methyl sites for hydroxylation is 1. The molecule has 0 aliphatic heterocycles. The number of hydrogen-bond acceptors (Lipinski definition) is 5. The van der Waals surface area contributed by atoms with Crippen molar-refractivity contribution in [1.29, 1.82) is 0 Å². The van der Waals surface area contributed by atoms with Crippen molar-refractivity contribution in [3.63, 3.8) is 0 Å². The van der Waals surface area contributed by atoms with Crippen LogP contribution in [0.4, 0.5) is 0 Å². The lowest BCUT2D eigenvalue weighted by Crippen LogP contribution is -2.29. The highest BCUT2D eigenvalue weighted by atomic mass is 16.5. The van der Waals surface area contributed by atoms with E-state index >= 15 is 0 Å². The van der Waals surface area contributed by atoms with Gasteiger partial charge in [-0.25, -0.2) is 0 Å². The number of ether oxygens (including phenoxy) is 4. The van der Waals surface area contributed by atoms with Gasteiger partial charge >= 0.3 is 0 Å². The fourth-order valence-electron chi connectivity index (χ4n) is 3.57. The van der Waals surface area contributed by atoms with Gasteiger partial charge in [0.1, 0.15) is 5.75 Å². The van der Waals surface area contributed by atoms with Gasteiger partial charge in [-0.3, -0.25) is 4.79 Å². The van der Waals surface area contributed by atoms with E-state index in [0.29, 0.717) is 30.1 Å². The van der Waals surface area contributed by atoms with Crippen molar-refractivity contribution in [1.82, 2.24) is 5.32 Å². The van der Waals surface area contributed by atoms with Crippen LogP contribution < -0.4 is 24.3 Å². The molecule has 1 atom stereocenters. The van der Waals surface area contributed by atoms with Gasteiger partial charge in [-0.1, -0.05) is 42.5 Å². The minimum absolute atomic E-state index is 0.0524. The molecule has 6 heteroatoms. The Hall–Kier alpha value is -3.67. The van der Waals surface area contributed by atoms with Crippen LogP contribution in [-0.4, -0.2) is 34.3 Å². The van der Waals surface area contributed by atoms with Gasteiger partial charge in [0.15, 0.2) is 11.5 Å². The van der Waals surface area contributed by atoms with Crippen molar-refractivity contribution < 1.29 is 23.7 Å². The number of benzene rings is 3. The standard InChI is InChI=1S/C26H29NO5/c1-29-21-13-11-20(12-14-21)25(19-8-6-5-7-9-19)27-24(28)15-10-18-16-22(30-2)26(32-4)23(17-18)31-3/h5-9,11-14,16-17,25H,10,15H2,1-4H3,(H,27,28). The van der Waals surface area contributed by atoms with E-state index in [0.717, 1.165) is 22.4 Å². The molecular weight excluding hydrogens is 406 g/mol. The molecule has 168 valence electrons. The highest BCUT2D eigenvalue weighted by molar-refractivity contribution is 5.77. The van der Waals surface area contributed by atoms with Crippen molar-refractivity contribution in [2.24, 2.45) is 0 Å². The summed E-state index contributed by atoms with van der Waals surface area (Å²) in [5.41, 5.74) is 2.92. The van der Waals surface area contributed by atoms with Gasteiger partial charge in [0.2, 0.25) is 11.7 Å². The number of methoxy groups -OCH3 is 4. The van der Waals surface area contributed by atoms with E-state index in [4.69, 9.17) is 18.9 Å². The summed E-state index contributed by atoms with van der Waals surface area (Å²) >= 11 is 0. The molecule has 1 unspecified atom stereocenters. The average Bonchev–Trinajstić information content (AvgIpc) is 2.85. The van der Waals surface area contributed by atoms with Crippen molar-refractivity contribution >= 4 is 5.91 Å². The first kappa shape index (κ1) is 23.0. The predicted octanol–water partition coefficient (Wildman–Crippen LogP) is 4.56. The van der Waals surface area contributed by atoms with Gasteiger partial charge in [0.05, 0.1) is 34.5 Å². The number of amides is 1. The van der Waals surface area contributed by atoms with Crippen LogP contribution in [0.2, 0.25) is 0 Å². The maximum atomic E-state index is 12.9. The molecule has 0 bridgehead atoms. The number of nitrogens with one attached hydrogen (secondary N) is 1. The Morgan fingerprint density at radius 3 is 1.91 bits per heavy atom. The van der Waals surface area contributed by atoms with Crippen LogP contribution >= 0.6 is 0 Å². The maximum absolute atomic E-state index is 12.9.